The van der Waals surface area contributed by atoms with Gasteiger partial charge in [-0.2, -0.15) is 0 Å². The van der Waals surface area contributed by atoms with Crippen molar-refractivity contribution >= 4 is 11.8 Å². The molecule has 0 unspecified atom stereocenters. The van der Waals surface area contributed by atoms with Crippen molar-refractivity contribution in [2.75, 3.05) is 20.8 Å². The average molecular weight is 359 g/mol. The number of Topliss-reactive ketones (excluding diaryl/α,β-unsaturated/α-hetero) is 1. The minimum atomic E-state index is -0.466. The lowest BCUT2D eigenvalue weighted by molar-refractivity contribution is 0.0600. The molecule has 0 aliphatic carbocycles. The number of aryl methyl sites for hydroxylation is 1. The van der Waals surface area contributed by atoms with Gasteiger partial charge in [-0.3, -0.25) is 4.79 Å². The molecule has 6 nitrogen and oxygen atoms in total. The zero-order valence-corrected chi connectivity index (χ0v) is 16.1. The second-order valence-corrected chi connectivity index (χ2v) is 6.32. The number of benzene rings is 1. The monoisotopic (exact) mass is 359 g/mol. The first-order chi connectivity index (χ1) is 12.3. The van der Waals surface area contributed by atoms with Crippen molar-refractivity contribution in [3.63, 3.8) is 0 Å². The van der Waals surface area contributed by atoms with Crippen molar-refractivity contribution in [3.05, 3.63) is 46.8 Å². The number of ketones is 1. The predicted octanol–water partition coefficient (Wildman–Crippen LogP) is 3.74. The van der Waals surface area contributed by atoms with Crippen LogP contribution in [0.2, 0.25) is 0 Å². The third kappa shape index (κ3) is 3.90. The maximum atomic E-state index is 12.6. The van der Waals surface area contributed by atoms with E-state index >= 15 is 0 Å². The lowest BCUT2D eigenvalue weighted by atomic mass is 10.1. The normalized spacial score (nSPS) is 10.7. The Bertz CT molecular complexity index is 820. The van der Waals surface area contributed by atoms with E-state index in [4.69, 9.17) is 9.47 Å². The van der Waals surface area contributed by atoms with Crippen LogP contribution in [0.25, 0.3) is 0 Å². The molecule has 26 heavy (non-hydrogen) atoms. The number of carbonyl (C=O) groups is 2. The van der Waals surface area contributed by atoms with Crippen LogP contribution in [0.5, 0.6) is 11.5 Å². The first kappa shape index (κ1) is 19.6. The number of hydrogen-bond acceptors (Lipinski definition) is 5. The van der Waals surface area contributed by atoms with Gasteiger partial charge in [0, 0.05) is 23.0 Å². The van der Waals surface area contributed by atoms with E-state index in [1.807, 2.05) is 19.9 Å². The molecule has 0 amide bonds. The molecule has 0 fully saturated rings. The summed E-state index contributed by atoms with van der Waals surface area (Å²) in [5, 5.41) is 0. The molecule has 1 aromatic heterocycles. The molecule has 2 rings (SSSR count). The molecule has 0 N–H and O–H groups in total. The van der Waals surface area contributed by atoms with Gasteiger partial charge in [0.2, 0.25) is 5.78 Å². The Morgan fingerprint density at radius 3 is 2.31 bits per heavy atom. The number of carbonyl (C=O) groups excluding carboxylic acids is 2. The van der Waals surface area contributed by atoms with Crippen LogP contribution in [0.1, 0.15) is 52.0 Å². The molecule has 0 saturated carbocycles. The largest absolute Gasteiger partial charge is 0.493 e. The van der Waals surface area contributed by atoms with E-state index in [-0.39, 0.29) is 18.4 Å². The number of aromatic nitrogens is 1. The van der Waals surface area contributed by atoms with Crippen molar-refractivity contribution in [2.45, 2.75) is 33.7 Å². The summed E-state index contributed by atoms with van der Waals surface area (Å²) in [6.07, 6.45) is 0. The first-order valence-corrected chi connectivity index (χ1v) is 8.40. The van der Waals surface area contributed by atoms with Gasteiger partial charge in [0.05, 0.1) is 19.8 Å². The Hall–Kier alpha value is -2.76. The van der Waals surface area contributed by atoms with Gasteiger partial charge >= 0.3 is 5.97 Å². The highest BCUT2D eigenvalue weighted by Crippen LogP contribution is 2.29. The number of nitrogens with zero attached hydrogens (tertiary/aromatic N) is 1. The summed E-state index contributed by atoms with van der Waals surface area (Å²) in [6, 6.07) is 6.85. The van der Waals surface area contributed by atoms with E-state index in [0.717, 1.165) is 11.4 Å². The van der Waals surface area contributed by atoms with Crippen LogP contribution in [0.15, 0.2) is 24.3 Å². The number of rotatable bonds is 7. The third-order valence-corrected chi connectivity index (χ3v) is 4.24. The summed E-state index contributed by atoms with van der Waals surface area (Å²) in [4.78, 5) is 24.2. The van der Waals surface area contributed by atoms with Crippen molar-refractivity contribution < 1.29 is 23.8 Å². The summed E-state index contributed by atoms with van der Waals surface area (Å²) in [7, 11) is 2.78. The van der Waals surface area contributed by atoms with Crippen LogP contribution in [-0.4, -0.2) is 37.1 Å². The fourth-order valence-electron chi connectivity index (χ4n) is 3.11. The van der Waals surface area contributed by atoms with Crippen LogP contribution >= 0.6 is 0 Å². The molecule has 0 saturated heterocycles. The van der Waals surface area contributed by atoms with Crippen molar-refractivity contribution in [1.29, 1.82) is 0 Å². The Kier molecular flexibility index (Phi) is 6.08. The number of esters is 1. The highest BCUT2D eigenvalue weighted by Gasteiger charge is 2.18. The highest BCUT2D eigenvalue weighted by molar-refractivity contribution is 5.98. The van der Waals surface area contributed by atoms with Gasteiger partial charge in [0.25, 0.3) is 0 Å². The van der Waals surface area contributed by atoms with Crippen molar-refractivity contribution in [1.82, 2.24) is 4.57 Å². The second-order valence-electron chi connectivity index (χ2n) is 6.32. The number of ether oxygens (including phenoxy) is 3. The third-order valence-electron chi connectivity index (χ3n) is 4.24. The number of methoxy groups -OCH3 is 2. The average Bonchev–Trinajstić information content (AvgIpc) is 2.93. The van der Waals surface area contributed by atoms with E-state index in [9.17, 15) is 9.59 Å². The molecule has 0 spiro atoms. The summed E-state index contributed by atoms with van der Waals surface area (Å²) in [5.41, 5.74) is 2.98. The van der Waals surface area contributed by atoms with Gasteiger partial charge < -0.3 is 18.8 Å². The molecule has 6 heteroatoms. The smallest absolute Gasteiger partial charge is 0.337 e. The molecule has 0 bridgehead atoms. The zero-order valence-electron chi connectivity index (χ0n) is 16.1. The second kappa shape index (κ2) is 8.08. The van der Waals surface area contributed by atoms with Gasteiger partial charge in [0.15, 0.2) is 18.1 Å². The molecule has 0 radical (unpaired) electrons. The zero-order chi connectivity index (χ0) is 19.4. The summed E-state index contributed by atoms with van der Waals surface area (Å²) < 4.78 is 17.7. The fraction of sp³-hybridized carbons (Fsp3) is 0.400. The maximum absolute atomic E-state index is 12.6. The Balaban J connectivity index is 2.17. The van der Waals surface area contributed by atoms with Gasteiger partial charge in [-0.1, -0.05) is 0 Å². The molecular formula is C20H25NO5. The predicted molar refractivity (Wildman–Crippen MR) is 98.5 cm³/mol. The molecule has 0 aliphatic rings. The van der Waals surface area contributed by atoms with Crippen LogP contribution in [-0.2, 0) is 4.74 Å². The van der Waals surface area contributed by atoms with Gasteiger partial charge in [0.1, 0.15) is 0 Å². The van der Waals surface area contributed by atoms with Gasteiger partial charge in [-0.05, 0) is 52.0 Å². The Morgan fingerprint density at radius 1 is 1.08 bits per heavy atom. The lowest BCUT2D eigenvalue weighted by Crippen LogP contribution is -2.14. The molecule has 1 aromatic carbocycles. The van der Waals surface area contributed by atoms with Crippen LogP contribution < -0.4 is 9.47 Å². The van der Waals surface area contributed by atoms with E-state index in [1.54, 1.807) is 12.1 Å². The molecule has 0 atom stereocenters. The van der Waals surface area contributed by atoms with E-state index in [0.29, 0.717) is 22.6 Å². The quantitative estimate of drug-likeness (QED) is 0.556. The molecule has 2 aromatic rings. The van der Waals surface area contributed by atoms with Crippen molar-refractivity contribution in [3.8, 4) is 11.5 Å². The lowest BCUT2D eigenvalue weighted by Gasteiger charge is -2.14. The van der Waals surface area contributed by atoms with E-state index in [1.165, 1.54) is 20.3 Å². The minimum absolute atomic E-state index is 0.107. The summed E-state index contributed by atoms with van der Waals surface area (Å²) >= 11 is 0. The van der Waals surface area contributed by atoms with Crippen LogP contribution in [0.4, 0.5) is 0 Å². The van der Waals surface area contributed by atoms with E-state index < -0.39 is 5.97 Å². The molecule has 0 aliphatic heterocycles. The van der Waals surface area contributed by atoms with E-state index in [2.05, 4.69) is 23.2 Å². The number of hydrogen-bond donors (Lipinski definition) is 0. The van der Waals surface area contributed by atoms with Crippen LogP contribution in [0.3, 0.4) is 0 Å². The minimum Gasteiger partial charge on any atom is -0.493 e. The van der Waals surface area contributed by atoms with Gasteiger partial charge in [-0.25, -0.2) is 4.79 Å². The fourth-order valence-corrected chi connectivity index (χ4v) is 3.11. The Labute approximate surface area is 153 Å². The first-order valence-electron chi connectivity index (χ1n) is 8.40. The molecule has 140 valence electrons. The van der Waals surface area contributed by atoms with Crippen LogP contribution in [0, 0.1) is 13.8 Å². The summed E-state index contributed by atoms with van der Waals surface area (Å²) in [6.45, 7) is 7.97. The standard InChI is InChI=1S/C20H25NO5/c1-12(2)21-13(3)9-16(14(21)4)17(22)11-26-18-8-7-15(20(23)25-6)10-19(18)24-5/h7-10,12H,11H2,1-6H3. The topological polar surface area (TPSA) is 66.8 Å². The Morgan fingerprint density at radius 2 is 1.77 bits per heavy atom. The highest BCUT2D eigenvalue weighted by atomic mass is 16.5. The SMILES string of the molecule is COC(=O)c1ccc(OCC(=O)c2cc(C)n(C(C)C)c2C)c(OC)c1. The maximum Gasteiger partial charge on any atom is 0.337 e. The summed E-state index contributed by atoms with van der Waals surface area (Å²) in [5.74, 6) is 0.190. The molecular weight excluding hydrogens is 334 g/mol. The van der Waals surface area contributed by atoms with Gasteiger partial charge in [-0.15, -0.1) is 0 Å². The van der Waals surface area contributed by atoms with Crippen molar-refractivity contribution in [2.24, 2.45) is 0 Å². The molecule has 1 heterocycles.